The molecule has 142 valence electrons. The smallest absolute Gasteiger partial charge is 0.338 e. The lowest BCUT2D eigenvalue weighted by Gasteiger charge is -2.20. The number of carbonyl (C=O) groups is 1. The summed E-state index contributed by atoms with van der Waals surface area (Å²) < 4.78 is 11.6. The van der Waals surface area contributed by atoms with E-state index in [-0.39, 0.29) is 16.9 Å². The van der Waals surface area contributed by atoms with Crippen molar-refractivity contribution < 1.29 is 14.3 Å². The largest absolute Gasteiger partial charge is 0.462 e. The molecule has 1 aliphatic heterocycles. The van der Waals surface area contributed by atoms with Gasteiger partial charge in [-0.1, -0.05) is 50.1 Å². The molecule has 0 radical (unpaired) electrons. The lowest BCUT2D eigenvalue weighted by atomic mass is 10.2. The fourth-order valence-corrected chi connectivity index (χ4v) is 5.44. The summed E-state index contributed by atoms with van der Waals surface area (Å²) in [5.41, 5.74) is 0.534. The molecule has 4 rings (SSSR count). The maximum absolute atomic E-state index is 12.4. The standard InChI is InChI=1S/C24H23O3S/c1-2-3-9-16-26-24(25)18-14-15-23-21(17-18)27-20-12-7-8-13-22(20)28(23)19-10-5-4-6-11-19/h4-8,10-15,17H,2-3,9,16H2,1H3/q+1. The summed E-state index contributed by atoms with van der Waals surface area (Å²) in [5.74, 6) is 1.28. The van der Waals surface area contributed by atoms with Crippen LogP contribution in [0, 0.1) is 0 Å². The molecule has 28 heavy (non-hydrogen) atoms. The molecule has 0 fully saturated rings. The monoisotopic (exact) mass is 391 g/mol. The Morgan fingerprint density at radius 3 is 2.46 bits per heavy atom. The van der Waals surface area contributed by atoms with Crippen molar-refractivity contribution in [1.82, 2.24) is 0 Å². The molecule has 0 spiro atoms. The highest BCUT2D eigenvalue weighted by atomic mass is 32.2. The lowest BCUT2D eigenvalue weighted by Crippen LogP contribution is -2.14. The zero-order valence-corrected chi connectivity index (χ0v) is 16.7. The molecule has 3 nitrogen and oxygen atoms in total. The minimum Gasteiger partial charge on any atom is -0.462 e. The first kappa shape index (κ1) is 18.6. The van der Waals surface area contributed by atoms with Crippen LogP contribution in [-0.4, -0.2) is 12.6 Å². The second-order valence-corrected chi connectivity index (χ2v) is 8.64. The van der Waals surface area contributed by atoms with Gasteiger partial charge in [0.1, 0.15) is 10.9 Å². The Balaban J connectivity index is 1.67. The van der Waals surface area contributed by atoms with Gasteiger partial charge in [0.05, 0.1) is 12.2 Å². The van der Waals surface area contributed by atoms with E-state index in [2.05, 4.69) is 37.3 Å². The van der Waals surface area contributed by atoms with Crippen molar-refractivity contribution in [2.24, 2.45) is 0 Å². The van der Waals surface area contributed by atoms with Gasteiger partial charge in [0.2, 0.25) is 9.79 Å². The molecule has 3 aromatic rings. The van der Waals surface area contributed by atoms with E-state index >= 15 is 0 Å². The third kappa shape index (κ3) is 3.78. The van der Waals surface area contributed by atoms with Gasteiger partial charge in [0.25, 0.3) is 0 Å². The van der Waals surface area contributed by atoms with Gasteiger partial charge in [-0.2, -0.15) is 0 Å². The zero-order chi connectivity index (χ0) is 19.3. The molecule has 1 heterocycles. The highest BCUT2D eigenvalue weighted by Crippen LogP contribution is 2.47. The molecule has 0 saturated heterocycles. The first-order valence-electron chi connectivity index (χ1n) is 9.65. The summed E-state index contributed by atoms with van der Waals surface area (Å²) in [6, 6.07) is 24.2. The lowest BCUT2D eigenvalue weighted by molar-refractivity contribution is 0.0497. The number of benzene rings is 3. The summed E-state index contributed by atoms with van der Waals surface area (Å²) in [6.45, 7) is 2.59. The average molecular weight is 392 g/mol. The number of para-hydroxylation sites is 1. The maximum Gasteiger partial charge on any atom is 0.338 e. The van der Waals surface area contributed by atoms with Crippen LogP contribution in [0.1, 0.15) is 36.5 Å². The van der Waals surface area contributed by atoms with E-state index < -0.39 is 0 Å². The Bertz CT molecular complexity index is 969. The fraction of sp³-hybridized carbons (Fsp3) is 0.208. The first-order chi connectivity index (χ1) is 13.8. The molecule has 0 aromatic heterocycles. The quantitative estimate of drug-likeness (QED) is 0.222. The average Bonchev–Trinajstić information content (AvgIpc) is 2.75. The summed E-state index contributed by atoms with van der Waals surface area (Å²) in [5, 5.41) is 0. The van der Waals surface area contributed by atoms with Crippen LogP contribution in [0.3, 0.4) is 0 Å². The summed E-state index contributed by atoms with van der Waals surface area (Å²) in [6.07, 6.45) is 3.07. The SMILES string of the molecule is CCCCCOC(=O)c1ccc2c(c1)Oc1ccccc1[S+]2c1ccccc1. The minimum atomic E-state index is -0.291. The number of rotatable bonds is 6. The van der Waals surface area contributed by atoms with E-state index in [4.69, 9.17) is 9.47 Å². The minimum absolute atomic E-state index is 0.265. The predicted octanol–water partition coefficient (Wildman–Crippen LogP) is 6.23. The van der Waals surface area contributed by atoms with E-state index in [0.717, 1.165) is 40.6 Å². The van der Waals surface area contributed by atoms with Crippen molar-refractivity contribution in [3.8, 4) is 11.5 Å². The van der Waals surface area contributed by atoms with Crippen LogP contribution >= 0.6 is 0 Å². The second kappa shape index (κ2) is 8.53. The fourth-order valence-electron chi connectivity index (χ4n) is 3.23. The van der Waals surface area contributed by atoms with E-state index in [9.17, 15) is 4.79 Å². The molecule has 0 amide bonds. The Morgan fingerprint density at radius 1 is 0.893 bits per heavy atom. The molecule has 1 unspecified atom stereocenters. The van der Waals surface area contributed by atoms with Crippen molar-refractivity contribution in [2.45, 2.75) is 40.9 Å². The number of ether oxygens (including phenoxy) is 2. The topological polar surface area (TPSA) is 35.5 Å². The van der Waals surface area contributed by atoms with Gasteiger partial charge in [0.15, 0.2) is 16.4 Å². The molecule has 4 heteroatoms. The number of carbonyl (C=O) groups excluding carboxylic acids is 1. The van der Waals surface area contributed by atoms with Crippen molar-refractivity contribution in [1.29, 1.82) is 0 Å². The molecule has 0 N–H and O–H groups in total. The third-order valence-electron chi connectivity index (χ3n) is 4.65. The maximum atomic E-state index is 12.4. The molecule has 0 bridgehead atoms. The van der Waals surface area contributed by atoms with E-state index in [1.807, 2.05) is 42.5 Å². The summed E-state index contributed by atoms with van der Waals surface area (Å²) in [7, 11) is -0.265. The molecule has 0 saturated carbocycles. The van der Waals surface area contributed by atoms with Crippen LogP contribution in [0.15, 0.2) is 87.5 Å². The van der Waals surface area contributed by atoms with E-state index in [1.54, 1.807) is 0 Å². The van der Waals surface area contributed by atoms with Crippen LogP contribution in [0.5, 0.6) is 11.5 Å². The summed E-state index contributed by atoms with van der Waals surface area (Å²) >= 11 is 0. The van der Waals surface area contributed by atoms with Gasteiger partial charge in [-0.3, -0.25) is 0 Å². The predicted molar refractivity (Wildman–Crippen MR) is 111 cm³/mol. The first-order valence-corrected chi connectivity index (χ1v) is 10.9. The van der Waals surface area contributed by atoms with Gasteiger partial charge >= 0.3 is 5.97 Å². The Morgan fingerprint density at radius 2 is 1.64 bits per heavy atom. The van der Waals surface area contributed by atoms with Crippen molar-refractivity contribution in [2.75, 3.05) is 6.61 Å². The number of hydrogen-bond acceptors (Lipinski definition) is 3. The van der Waals surface area contributed by atoms with Gasteiger partial charge in [-0.25, -0.2) is 4.79 Å². The van der Waals surface area contributed by atoms with Gasteiger partial charge in [-0.05, 0) is 42.8 Å². The van der Waals surface area contributed by atoms with Gasteiger partial charge < -0.3 is 9.47 Å². The van der Waals surface area contributed by atoms with Crippen LogP contribution < -0.4 is 4.74 Å². The molecular weight excluding hydrogens is 368 g/mol. The van der Waals surface area contributed by atoms with Crippen molar-refractivity contribution in [3.63, 3.8) is 0 Å². The van der Waals surface area contributed by atoms with Crippen LogP contribution in [0.2, 0.25) is 0 Å². The number of unbranched alkanes of at least 4 members (excludes halogenated alkanes) is 2. The van der Waals surface area contributed by atoms with E-state index in [0.29, 0.717) is 12.2 Å². The van der Waals surface area contributed by atoms with Crippen molar-refractivity contribution in [3.05, 3.63) is 78.4 Å². The third-order valence-corrected chi connectivity index (χ3v) is 6.95. The Hall–Kier alpha value is -2.72. The normalized spacial score (nSPS) is 14.5. The number of esters is 1. The molecule has 3 aromatic carbocycles. The van der Waals surface area contributed by atoms with Crippen LogP contribution in [0.4, 0.5) is 0 Å². The highest BCUT2D eigenvalue weighted by Gasteiger charge is 2.39. The van der Waals surface area contributed by atoms with E-state index in [1.165, 1.54) is 4.90 Å². The van der Waals surface area contributed by atoms with Crippen LogP contribution in [-0.2, 0) is 15.6 Å². The number of hydrogen-bond donors (Lipinski definition) is 0. The molecule has 0 aliphatic carbocycles. The Kier molecular flexibility index (Phi) is 5.68. The highest BCUT2D eigenvalue weighted by molar-refractivity contribution is 7.97. The summed E-state index contributed by atoms with van der Waals surface area (Å²) in [4.78, 5) is 15.9. The molecule has 1 aliphatic rings. The second-order valence-electron chi connectivity index (χ2n) is 6.67. The van der Waals surface area contributed by atoms with Crippen molar-refractivity contribution >= 4 is 16.9 Å². The van der Waals surface area contributed by atoms with Gasteiger partial charge in [0, 0.05) is 6.07 Å². The van der Waals surface area contributed by atoms with Crippen LogP contribution in [0.25, 0.3) is 0 Å². The van der Waals surface area contributed by atoms with Gasteiger partial charge in [-0.15, -0.1) is 0 Å². The Labute approximate surface area is 168 Å². The molecule has 1 atom stereocenters. The molecular formula is C24H23O3S+. The number of fused-ring (bicyclic) bond motifs is 2. The zero-order valence-electron chi connectivity index (χ0n) is 15.9.